The molecular formula is C26H28F5N3O3S2. The van der Waals surface area contributed by atoms with Crippen molar-refractivity contribution in [1.82, 2.24) is 9.29 Å². The van der Waals surface area contributed by atoms with Gasteiger partial charge in [-0.2, -0.15) is 13.2 Å². The lowest BCUT2D eigenvalue weighted by atomic mass is 10.1. The normalized spacial score (nSPS) is 14.2. The highest BCUT2D eigenvalue weighted by Crippen LogP contribution is 2.46. The van der Waals surface area contributed by atoms with Gasteiger partial charge in [0.25, 0.3) is 0 Å². The van der Waals surface area contributed by atoms with Crippen molar-refractivity contribution in [1.29, 1.82) is 0 Å². The minimum Gasteiger partial charge on any atom is -0.487 e. The number of alkyl halides is 5. The molecule has 2 aromatic carbocycles. The van der Waals surface area contributed by atoms with Crippen LogP contribution in [0.15, 0.2) is 47.4 Å². The van der Waals surface area contributed by atoms with Gasteiger partial charge in [0.15, 0.2) is 5.69 Å². The number of aromatic nitrogens is 1. The highest BCUT2D eigenvalue weighted by Gasteiger charge is 2.37. The van der Waals surface area contributed by atoms with E-state index in [2.05, 4.69) is 4.98 Å². The number of rotatable bonds is 6. The Hall–Kier alpha value is -2.90. The molecule has 1 N–H and O–H groups in total. The van der Waals surface area contributed by atoms with Crippen molar-refractivity contribution in [3.05, 3.63) is 63.6 Å². The van der Waals surface area contributed by atoms with Crippen molar-refractivity contribution in [2.24, 2.45) is 0 Å². The molecule has 4 rings (SSSR count). The van der Waals surface area contributed by atoms with Crippen LogP contribution in [-0.4, -0.2) is 46.4 Å². The molecule has 0 amide bonds. The third-order valence-corrected chi connectivity index (χ3v) is 7.57. The second kappa shape index (κ2) is 12.5. The Morgan fingerprint density at radius 2 is 1.77 bits per heavy atom. The first-order valence-corrected chi connectivity index (χ1v) is 13.5. The molecule has 0 aliphatic carbocycles. The van der Waals surface area contributed by atoms with Crippen molar-refractivity contribution >= 4 is 40.6 Å². The molecule has 0 spiro atoms. The van der Waals surface area contributed by atoms with E-state index in [0.29, 0.717) is 28.7 Å². The Morgan fingerprint density at radius 1 is 1.13 bits per heavy atom. The van der Waals surface area contributed by atoms with Gasteiger partial charge in [-0.1, -0.05) is 25.1 Å². The van der Waals surface area contributed by atoms with Gasteiger partial charge in [0, 0.05) is 25.2 Å². The standard InChI is InChI=1S/C22H20F3N3O3S2.C4H8F2/c1-13-26-20(21(29)30)19(32-13)12-31-17-11-18-16(10-15(17)22(23,24)25)28(9-8-27(2)33-18)14-6-4-3-5-7-14;1-3-4(2,5)6/h3-7,10-11H,8-9,12H2,1-2H3,(H,29,30);3H2,1-2H3. The van der Waals surface area contributed by atoms with Gasteiger partial charge in [-0.15, -0.1) is 11.3 Å². The van der Waals surface area contributed by atoms with Crippen LogP contribution < -0.4 is 9.64 Å². The van der Waals surface area contributed by atoms with Crippen molar-refractivity contribution in [2.45, 2.75) is 50.8 Å². The van der Waals surface area contributed by atoms with Gasteiger partial charge in [-0.3, -0.25) is 0 Å². The van der Waals surface area contributed by atoms with E-state index in [1.807, 2.05) is 46.6 Å². The topological polar surface area (TPSA) is 65.9 Å². The van der Waals surface area contributed by atoms with Crippen LogP contribution in [0.2, 0.25) is 0 Å². The number of carboxylic acids is 1. The first kappa shape index (κ1) is 30.6. The fourth-order valence-corrected chi connectivity index (χ4v) is 5.28. The number of anilines is 2. The van der Waals surface area contributed by atoms with Crippen LogP contribution in [0.25, 0.3) is 0 Å². The molecular weight excluding hydrogens is 561 g/mol. The lowest BCUT2D eigenvalue weighted by Gasteiger charge is -2.26. The molecule has 0 radical (unpaired) electrons. The van der Waals surface area contributed by atoms with Gasteiger partial charge in [0.1, 0.15) is 12.4 Å². The summed E-state index contributed by atoms with van der Waals surface area (Å²) >= 11 is 2.42. The Morgan fingerprint density at radius 3 is 2.33 bits per heavy atom. The van der Waals surface area contributed by atoms with Crippen LogP contribution in [-0.2, 0) is 12.8 Å². The monoisotopic (exact) mass is 589 g/mol. The van der Waals surface area contributed by atoms with Crippen molar-refractivity contribution < 1.29 is 36.6 Å². The van der Waals surface area contributed by atoms with Crippen LogP contribution in [0.5, 0.6) is 5.75 Å². The fraction of sp³-hybridized carbons (Fsp3) is 0.385. The second-order valence-corrected chi connectivity index (χ2v) is 11.3. The summed E-state index contributed by atoms with van der Waals surface area (Å²) in [6.45, 7) is 4.83. The number of carboxylic acid groups (broad SMARTS) is 1. The molecule has 0 unspecified atom stereocenters. The van der Waals surface area contributed by atoms with Crippen molar-refractivity contribution in [3.8, 4) is 5.75 Å². The van der Waals surface area contributed by atoms with E-state index in [1.165, 1.54) is 24.9 Å². The molecule has 0 bridgehead atoms. The first-order chi connectivity index (χ1) is 18.2. The van der Waals surface area contributed by atoms with E-state index >= 15 is 0 Å². The van der Waals surface area contributed by atoms with Gasteiger partial charge >= 0.3 is 12.1 Å². The summed E-state index contributed by atoms with van der Waals surface area (Å²) in [6.07, 6.45) is -4.72. The molecule has 6 nitrogen and oxygen atoms in total. The molecule has 0 atom stereocenters. The van der Waals surface area contributed by atoms with E-state index < -0.39 is 23.6 Å². The number of nitrogens with zero attached hydrogens (tertiary/aromatic N) is 3. The SMILES string of the molecule is CCC(C)(F)F.Cc1nc(C(=O)O)c(COc2cc3c(cc2C(F)(F)F)N(c2ccccc2)CCN(C)S3)s1. The lowest BCUT2D eigenvalue weighted by Crippen LogP contribution is -2.24. The summed E-state index contributed by atoms with van der Waals surface area (Å²) in [4.78, 5) is 18.1. The molecule has 0 saturated heterocycles. The predicted octanol–water partition coefficient (Wildman–Crippen LogP) is 7.89. The number of para-hydroxylation sites is 1. The summed E-state index contributed by atoms with van der Waals surface area (Å²) in [6, 6.07) is 11.8. The number of aromatic carboxylic acids is 1. The van der Waals surface area contributed by atoms with Gasteiger partial charge < -0.3 is 14.7 Å². The molecule has 2 heterocycles. The van der Waals surface area contributed by atoms with Crippen LogP contribution in [0, 0.1) is 6.92 Å². The van der Waals surface area contributed by atoms with E-state index in [-0.39, 0.29) is 29.3 Å². The zero-order chi connectivity index (χ0) is 29.0. The van der Waals surface area contributed by atoms with Crippen LogP contribution >= 0.6 is 23.3 Å². The predicted molar refractivity (Wildman–Crippen MR) is 142 cm³/mol. The number of benzene rings is 2. The molecule has 212 valence electrons. The highest BCUT2D eigenvalue weighted by molar-refractivity contribution is 7.97. The minimum absolute atomic E-state index is 0.0625. The second-order valence-electron chi connectivity index (χ2n) is 8.77. The van der Waals surface area contributed by atoms with Crippen LogP contribution in [0.3, 0.4) is 0 Å². The number of halogens is 5. The molecule has 0 saturated carbocycles. The lowest BCUT2D eigenvalue weighted by molar-refractivity contribution is -0.139. The number of fused-ring (bicyclic) bond motifs is 1. The summed E-state index contributed by atoms with van der Waals surface area (Å²) in [5, 5.41) is 9.81. The molecule has 1 aliphatic rings. The minimum atomic E-state index is -4.66. The Labute approximate surface area is 231 Å². The number of hydrogen-bond donors (Lipinski definition) is 1. The number of hydrogen-bond acceptors (Lipinski definition) is 7. The summed E-state index contributed by atoms with van der Waals surface area (Å²) < 4.78 is 72.6. The van der Waals surface area contributed by atoms with E-state index in [4.69, 9.17) is 4.74 Å². The van der Waals surface area contributed by atoms with Gasteiger partial charge in [-0.25, -0.2) is 22.9 Å². The molecule has 1 aromatic heterocycles. The van der Waals surface area contributed by atoms with Crippen molar-refractivity contribution in [3.63, 3.8) is 0 Å². The molecule has 13 heteroatoms. The molecule has 1 aliphatic heterocycles. The zero-order valence-electron chi connectivity index (χ0n) is 21.7. The average Bonchev–Trinajstić information content (AvgIpc) is 3.15. The van der Waals surface area contributed by atoms with Crippen LogP contribution in [0.1, 0.15) is 46.2 Å². The van der Waals surface area contributed by atoms with Gasteiger partial charge in [0.2, 0.25) is 5.92 Å². The number of ether oxygens (including phenoxy) is 1. The average molecular weight is 590 g/mol. The highest BCUT2D eigenvalue weighted by atomic mass is 32.2. The maximum atomic E-state index is 14.0. The van der Waals surface area contributed by atoms with Gasteiger partial charge in [-0.05, 0) is 57.1 Å². The largest absolute Gasteiger partial charge is 0.487 e. The van der Waals surface area contributed by atoms with Crippen LogP contribution in [0.4, 0.5) is 33.3 Å². The Balaban J connectivity index is 0.000000631. The van der Waals surface area contributed by atoms with E-state index in [1.54, 1.807) is 6.92 Å². The molecule has 3 aromatic rings. The zero-order valence-corrected chi connectivity index (χ0v) is 23.3. The summed E-state index contributed by atoms with van der Waals surface area (Å²) in [7, 11) is 1.88. The fourth-order valence-electron chi connectivity index (χ4n) is 3.50. The molecule has 0 fully saturated rings. The third kappa shape index (κ3) is 8.29. The maximum absolute atomic E-state index is 14.0. The number of carbonyl (C=O) groups is 1. The van der Waals surface area contributed by atoms with E-state index in [0.717, 1.165) is 30.0 Å². The first-order valence-electron chi connectivity index (χ1n) is 11.9. The summed E-state index contributed by atoms with van der Waals surface area (Å²) in [5.74, 6) is -4.05. The third-order valence-electron chi connectivity index (χ3n) is 5.60. The van der Waals surface area contributed by atoms with Gasteiger partial charge in [0.05, 0.1) is 26.0 Å². The van der Waals surface area contributed by atoms with Crippen molar-refractivity contribution in [2.75, 3.05) is 25.0 Å². The summed E-state index contributed by atoms with van der Waals surface area (Å²) in [5.41, 5.74) is 0.119. The van der Waals surface area contributed by atoms with E-state index in [9.17, 15) is 31.9 Å². The number of thiazole rings is 1. The maximum Gasteiger partial charge on any atom is 0.420 e. The molecule has 39 heavy (non-hydrogen) atoms. The number of likely N-dealkylation sites (N-methyl/N-ethyl adjacent to an activating group) is 1. The Kier molecular flexibility index (Phi) is 9.83. The smallest absolute Gasteiger partial charge is 0.420 e. The Bertz CT molecular complexity index is 1280. The number of aryl methyl sites for hydroxylation is 1. The quantitative estimate of drug-likeness (QED) is 0.232.